The van der Waals surface area contributed by atoms with E-state index in [1.54, 1.807) is 7.11 Å². The summed E-state index contributed by atoms with van der Waals surface area (Å²) in [6.45, 7) is 0. The first-order chi connectivity index (χ1) is 13.8. The van der Waals surface area contributed by atoms with E-state index >= 15 is 0 Å². The molecule has 0 fully saturated rings. The lowest BCUT2D eigenvalue weighted by Crippen LogP contribution is -1.87. The minimum atomic E-state index is 0.676. The molecule has 0 atom stereocenters. The number of rotatable bonds is 5. The second-order valence-corrected chi connectivity index (χ2v) is 6.59. The highest BCUT2D eigenvalue weighted by atomic mass is 16.5. The van der Waals surface area contributed by atoms with Gasteiger partial charge in [0.15, 0.2) is 0 Å². The van der Waals surface area contributed by atoms with Crippen molar-refractivity contribution in [3.8, 4) is 23.1 Å². The van der Waals surface area contributed by atoms with Crippen LogP contribution in [-0.2, 0) is 6.42 Å². The molecule has 1 aromatic heterocycles. The topological polar surface area (TPSA) is 48.8 Å². The Hall–Kier alpha value is -3.77. The SMILES string of the molecule is COc1ccc(-c2[nH]c3ccccc3c2C/C=C/c2ccc(C#N)cc2)cc1. The highest BCUT2D eigenvalue weighted by Gasteiger charge is 2.12. The number of hydrogen-bond acceptors (Lipinski definition) is 2. The molecule has 0 aliphatic heterocycles. The van der Waals surface area contributed by atoms with Gasteiger partial charge in [-0.15, -0.1) is 0 Å². The summed E-state index contributed by atoms with van der Waals surface area (Å²) in [6, 6.07) is 26.3. The van der Waals surface area contributed by atoms with E-state index < -0.39 is 0 Å². The summed E-state index contributed by atoms with van der Waals surface area (Å²) in [4.78, 5) is 3.57. The first kappa shape index (κ1) is 17.6. The predicted octanol–water partition coefficient (Wildman–Crippen LogP) is 5.97. The predicted molar refractivity (Wildman–Crippen MR) is 114 cm³/mol. The molecule has 4 aromatic rings. The summed E-state index contributed by atoms with van der Waals surface area (Å²) in [5.74, 6) is 0.849. The van der Waals surface area contributed by atoms with Gasteiger partial charge in [-0.3, -0.25) is 0 Å². The van der Waals surface area contributed by atoms with Gasteiger partial charge in [0, 0.05) is 10.9 Å². The first-order valence-electron chi connectivity index (χ1n) is 9.19. The molecule has 0 bridgehead atoms. The van der Waals surface area contributed by atoms with Gasteiger partial charge in [-0.2, -0.15) is 5.26 Å². The fourth-order valence-corrected chi connectivity index (χ4v) is 3.40. The van der Waals surface area contributed by atoms with E-state index in [2.05, 4.69) is 53.5 Å². The third kappa shape index (κ3) is 3.54. The van der Waals surface area contributed by atoms with Crippen LogP contribution in [0.3, 0.4) is 0 Å². The van der Waals surface area contributed by atoms with E-state index in [1.807, 2.05) is 42.5 Å². The molecule has 1 N–H and O–H groups in total. The van der Waals surface area contributed by atoms with Gasteiger partial charge in [-0.1, -0.05) is 42.5 Å². The molecule has 1 heterocycles. The average Bonchev–Trinajstić information content (AvgIpc) is 3.13. The summed E-state index contributed by atoms with van der Waals surface area (Å²) in [5.41, 5.74) is 6.44. The number of aromatic nitrogens is 1. The van der Waals surface area contributed by atoms with Crippen LogP contribution in [0.2, 0.25) is 0 Å². The quantitative estimate of drug-likeness (QED) is 0.474. The Morgan fingerprint density at radius 3 is 2.43 bits per heavy atom. The molecule has 0 saturated heterocycles. The summed E-state index contributed by atoms with van der Waals surface area (Å²) in [5, 5.41) is 10.2. The maximum atomic E-state index is 8.92. The molecule has 0 aliphatic carbocycles. The molecule has 3 aromatic carbocycles. The average molecular weight is 364 g/mol. The number of aromatic amines is 1. The number of ether oxygens (including phenoxy) is 1. The van der Waals surface area contributed by atoms with Crippen molar-refractivity contribution in [3.05, 3.63) is 95.6 Å². The number of fused-ring (bicyclic) bond motifs is 1. The lowest BCUT2D eigenvalue weighted by Gasteiger charge is -2.05. The van der Waals surface area contributed by atoms with Crippen LogP contribution in [0.5, 0.6) is 5.75 Å². The van der Waals surface area contributed by atoms with Crippen LogP contribution in [0.1, 0.15) is 16.7 Å². The van der Waals surface area contributed by atoms with Crippen LogP contribution in [0, 0.1) is 11.3 Å². The Balaban J connectivity index is 1.68. The van der Waals surface area contributed by atoms with Crippen LogP contribution in [0.4, 0.5) is 0 Å². The number of H-pyrrole nitrogens is 1. The standard InChI is InChI=1S/C25H20N2O/c1-28-21-15-13-20(14-16-21)25-23(22-6-2-3-8-24(22)27-25)7-4-5-18-9-11-19(17-26)12-10-18/h2-6,8-16,27H,7H2,1H3/b5-4+. The third-order valence-corrected chi connectivity index (χ3v) is 4.86. The number of nitrogens with one attached hydrogen (secondary N) is 1. The van der Waals surface area contributed by atoms with Crippen molar-refractivity contribution < 1.29 is 4.74 Å². The Morgan fingerprint density at radius 1 is 0.964 bits per heavy atom. The van der Waals surface area contributed by atoms with Crippen LogP contribution in [0.25, 0.3) is 28.2 Å². The van der Waals surface area contributed by atoms with E-state index in [1.165, 1.54) is 10.9 Å². The van der Waals surface area contributed by atoms with Crippen molar-refractivity contribution in [1.29, 1.82) is 5.26 Å². The molecular weight excluding hydrogens is 344 g/mol. The lowest BCUT2D eigenvalue weighted by molar-refractivity contribution is 0.415. The molecule has 136 valence electrons. The second kappa shape index (κ2) is 7.85. The zero-order valence-electron chi connectivity index (χ0n) is 15.6. The van der Waals surface area contributed by atoms with Crippen molar-refractivity contribution in [2.24, 2.45) is 0 Å². The molecule has 3 nitrogen and oxygen atoms in total. The summed E-state index contributed by atoms with van der Waals surface area (Å²) in [6.07, 6.45) is 5.08. The number of allylic oxidation sites excluding steroid dienone is 1. The number of methoxy groups -OCH3 is 1. The van der Waals surface area contributed by atoms with E-state index in [0.29, 0.717) is 5.56 Å². The highest BCUT2D eigenvalue weighted by molar-refractivity contribution is 5.91. The van der Waals surface area contributed by atoms with Gasteiger partial charge in [0.25, 0.3) is 0 Å². The van der Waals surface area contributed by atoms with Gasteiger partial charge in [-0.05, 0) is 65.6 Å². The molecule has 28 heavy (non-hydrogen) atoms. The van der Waals surface area contributed by atoms with E-state index in [-0.39, 0.29) is 0 Å². The number of para-hydroxylation sites is 1. The smallest absolute Gasteiger partial charge is 0.118 e. The number of nitriles is 1. The van der Waals surface area contributed by atoms with Gasteiger partial charge in [-0.25, -0.2) is 0 Å². The second-order valence-electron chi connectivity index (χ2n) is 6.59. The van der Waals surface area contributed by atoms with Crippen LogP contribution in [0.15, 0.2) is 78.9 Å². The summed E-state index contributed by atoms with van der Waals surface area (Å²) < 4.78 is 5.28. The minimum absolute atomic E-state index is 0.676. The van der Waals surface area contributed by atoms with Gasteiger partial charge in [0.05, 0.1) is 24.4 Å². The lowest BCUT2D eigenvalue weighted by atomic mass is 10.0. The highest BCUT2D eigenvalue weighted by Crippen LogP contribution is 2.32. The number of benzene rings is 3. The number of nitrogens with zero attached hydrogens (tertiary/aromatic N) is 1. The first-order valence-corrected chi connectivity index (χ1v) is 9.19. The largest absolute Gasteiger partial charge is 0.497 e. The Kier molecular flexibility index (Phi) is 4.95. The molecule has 3 heteroatoms. The van der Waals surface area contributed by atoms with Gasteiger partial charge in [0.1, 0.15) is 5.75 Å². The minimum Gasteiger partial charge on any atom is -0.497 e. The zero-order valence-corrected chi connectivity index (χ0v) is 15.6. The van der Waals surface area contributed by atoms with Gasteiger partial charge < -0.3 is 9.72 Å². The molecule has 0 aliphatic rings. The molecule has 0 saturated carbocycles. The molecule has 0 unspecified atom stereocenters. The van der Waals surface area contributed by atoms with Crippen molar-refractivity contribution in [1.82, 2.24) is 4.98 Å². The van der Waals surface area contributed by atoms with Crippen molar-refractivity contribution in [2.75, 3.05) is 7.11 Å². The van der Waals surface area contributed by atoms with Crippen molar-refractivity contribution in [3.63, 3.8) is 0 Å². The fourth-order valence-electron chi connectivity index (χ4n) is 3.40. The van der Waals surface area contributed by atoms with Gasteiger partial charge in [0.2, 0.25) is 0 Å². The fraction of sp³-hybridized carbons (Fsp3) is 0.0800. The van der Waals surface area contributed by atoms with E-state index in [9.17, 15) is 0 Å². The maximum absolute atomic E-state index is 8.92. The third-order valence-electron chi connectivity index (χ3n) is 4.86. The molecule has 0 radical (unpaired) electrons. The summed E-state index contributed by atoms with van der Waals surface area (Å²) >= 11 is 0. The molecule has 4 rings (SSSR count). The monoisotopic (exact) mass is 364 g/mol. The molecule has 0 spiro atoms. The maximum Gasteiger partial charge on any atom is 0.118 e. The Morgan fingerprint density at radius 2 is 1.71 bits per heavy atom. The van der Waals surface area contributed by atoms with Crippen LogP contribution in [-0.4, -0.2) is 12.1 Å². The van der Waals surface area contributed by atoms with Crippen LogP contribution < -0.4 is 4.74 Å². The van der Waals surface area contributed by atoms with Crippen LogP contribution >= 0.6 is 0 Å². The molecule has 0 amide bonds. The zero-order chi connectivity index (χ0) is 19.3. The Bertz CT molecular complexity index is 1160. The molecular formula is C25H20N2O. The normalized spacial score (nSPS) is 11.0. The van der Waals surface area contributed by atoms with Gasteiger partial charge >= 0.3 is 0 Å². The Labute approximate surface area is 164 Å². The number of hydrogen-bond donors (Lipinski definition) is 1. The summed E-state index contributed by atoms with van der Waals surface area (Å²) in [7, 11) is 1.68. The van der Waals surface area contributed by atoms with E-state index in [4.69, 9.17) is 10.00 Å². The van der Waals surface area contributed by atoms with Crippen molar-refractivity contribution >= 4 is 17.0 Å². The van der Waals surface area contributed by atoms with E-state index in [0.717, 1.165) is 34.5 Å². The van der Waals surface area contributed by atoms with Crippen molar-refractivity contribution in [2.45, 2.75) is 6.42 Å².